The average Bonchev–Trinajstić information content (AvgIpc) is 3.46. The van der Waals surface area contributed by atoms with Gasteiger partial charge in [-0.25, -0.2) is 4.39 Å². The molecule has 3 heterocycles. The molecule has 1 aromatic heterocycles. The lowest BCUT2D eigenvalue weighted by Gasteiger charge is -2.31. The monoisotopic (exact) mass is 586 g/mol. The van der Waals surface area contributed by atoms with E-state index in [0.29, 0.717) is 11.1 Å². The molecule has 1 amide bonds. The van der Waals surface area contributed by atoms with Gasteiger partial charge in [0.25, 0.3) is 11.5 Å². The summed E-state index contributed by atoms with van der Waals surface area (Å²) < 4.78 is 96.7. The second kappa shape index (κ2) is 9.44. The quantitative estimate of drug-likeness (QED) is 0.328. The van der Waals surface area contributed by atoms with Gasteiger partial charge in [-0.15, -0.1) is 0 Å². The number of nitrogens with zero attached hydrogens (tertiary/aromatic N) is 3. The number of amides is 1. The third kappa shape index (κ3) is 4.74. The number of carbonyl (C=O) groups is 1. The zero-order valence-corrected chi connectivity index (χ0v) is 21.2. The predicted octanol–water partition coefficient (Wildman–Crippen LogP) is 6.50. The molecule has 2 unspecified atom stereocenters. The molecular weight excluding hydrogens is 568 g/mol. The molecular formula is C23H19Cl2F7N4O2. The number of nitrogens with one attached hydrogen (secondary N) is 1. The Morgan fingerprint density at radius 2 is 1.71 bits per heavy atom. The van der Waals surface area contributed by atoms with Crippen molar-refractivity contribution in [1.82, 2.24) is 15.2 Å². The van der Waals surface area contributed by atoms with Crippen LogP contribution in [0, 0.1) is 5.82 Å². The van der Waals surface area contributed by atoms with Gasteiger partial charge in [-0.1, -0.05) is 35.3 Å². The summed E-state index contributed by atoms with van der Waals surface area (Å²) in [6.07, 6.45) is -9.62. The Hall–Kier alpha value is -2.80. The van der Waals surface area contributed by atoms with Crippen LogP contribution in [-0.4, -0.2) is 39.5 Å². The van der Waals surface area contributed by atoms with Crippen molar-refractivity contribution in [2.45, 2.75) is 63.3 Å². The second-order valence-electron chi connectivity index (χ2n) is 9.19. The van der Waals surface area contributed by atoms with Crippen LogP contribution in [0.2, 0.25) is 10.0 Å². The molecule has 0 saturated carbocycles. The van der Waals surface area contributed by atoms with Crippen LogP contribution < -0.4 is 5.32 Å². The molecule has 15 heteroatoms. The van der Waals surface area contributed by atoms with Gasteiger partial charge in [0.05, 0.1) is 16.5 Å². The summed E-state index contributed by atoms with van der Waals surface area (Å²) in [5.74, 6) is -2.22. The van der Waals surface area contributed by atoms with E-state index in [0.717, 1.165) is 19.1 Å². The normalized spacial score (nSPS) is 21.0. The van der Waals surface area contributed by atoms with E-state index in [1.165, 1.54) is 24.1 Å². The summed E-state index contributed by atoms with van der Waals surface area (Å²) >= 11 is 11.4. The number of hydrogen-bond acceptors (Lipinski definition) is 5. The first kappa shape index (κ1) is 28.2. The van der Waals surface area contributed by atoms with Gasteiger partial charge < -0.3 is 15.1 Å². The summed E-state index contributed by atoms with van der Waals surface area (Å²) in [7, 11) is 0. The van der Waals surface area contributed by atoms with Crippen molar-refractivity contribution < 1.29 is 40.4 Å². The Labute approximate surface area is 221 Å². The molecule has 1 aromatic carbocycles. The van der Waals surface area contributed by atoms with Gasteiger partial charge in [-0.3, -0.25) is 9.78 Å². The number of benzene rings is 1. The number of fused-ring (bicyclic) bond motifs is 1. The Bertz CT molecular complexity index is 1290. The Kier molecular flexibility index (Phi) is 7.01. The lowest BCUT2D eigenvalue weighted by atomic mass is 9.89. The van der Waals surface area contributed by atoms with Gasteiger partial charge in [0.1, 0.15) is 17.1 Å². The molecule has 6 nitrogen and oxygen atoms in total. The molecule has 2 aromatic rings. The summed E-state index contributed by atoms with van der Waals surface area (Å²) in [5, 5.41) is 4.36. The zero-order chi connectivity index (χ0) is 28.3. The first-order chi connectivity index (χ1) is 17.5. The van der Waals surface area contributed by atoms with Crippen LogP contribution in [0.3, 0.4) is 0 Å². The summed E-state index contributed by atoms with van der Waals surface area (Å²) in [6.45, 7) is 2.18. The number of alkyl halides is 6. The SMILES string of the molecule is CCC(C)(NC(=O)c1cc2c(cn1)CN(C1=NOC(c3cc(Cl)c(F)c(Cl)c3)(C(F)(F)F)C1)C2)C(F)(F)F. The highest BCUT2D eigenvalue weighted by molar-refractivity contribution is 6.35. The number of hydrogen-bond donors (Lipinski definition) is 1. The third-order valence-electron chi connectivity index (χ3n) is 6.75. The van der Waals surface area contributed by atoms with Crippen molar-refractivity contribution in [1.29, 1.82) is 0 Å². The first-order valence-electron chi connectivity index (χ1n) is 11.1. The highest BCUT2D eigenvalue weighted by Gasteiger charge is 2.63. The standard InChI is InChI=1S/C23H19Cl2F7N4O2/c1-3-20(2,22(27,28)29)34-19(37)16-4-11-9-36(10-12(11)8-33-16)17-7-21(38-35-17,23(30,31)32)13-5-14(24)18(26)15(25)6-13/h4-6,8H,3,7,9-10H2,1-2H3,(H,34,37). The lowest BCUT2D eigenvalue weighted by Crippen LogP contribution is -2.56. The van der Waals surface area contributed by atoms with E-state index in [4.69, 9.17) is 28.0 Å². The van der Waals surface area contributed by atoms with Crippen molar-refractivity contribution in [2.24, 2.45) is 5.16 Å². The molecule has 0 fully saturated rings. The fraction of sp³-hybridized carbons (Fsp3) is 0.435. The molecule has 1 N–H and O–H groups in total. The van der Waals surface area contributed by atoms with Crippen LogP contribution in [0.15, 0.2) is 29.6 Å². The largest absolute Gasteiger partial charge is 0.435 e. The van der Waals surface area contributed by atoms with Crippen molar-refractivity contribution in [3.8, 4) is 0 Å². The zero-order valence-electron chi connectivity index (χ0n) is 19.7. The molecule has 4 rings (SSSR count). The van der Waals surface area contributed by atoms with Gasteiger partial charge in [-0.2, -0.15) is 26.3 Å². The Morgan fingerprint density at radius 1 is 1.11 bits per heavy atom. The Balaban J connectivity index is 1.55. The highest BCUT2D eigenvalue weighted by atomic mass is 35.5. The number of aromatic nitrogens is 1. The Morgan fingerprint density at radius 3 is 2.26 bits per heavy atom. The van der Waals surface area contributed by atoms with E-state index in [-0.39, 0.29) is 24.6 Å². The fourth-order valence-corrected chi connectivity index (χ4v) is 4.60. The number of halogens is 9. The predicted molar refractivity (Wildman–Crippen MR) is 123 cm³/mol. The minimum absolute atomic E-state index is 0.0104. The molecule has 0 radical (unpaired) electrons. The van der Waals surface area contributed by atoms with Crippen LogP contribution in [0.1, 0.15) is 53.9 Å². The van der Waals surface area contributed by atoms with Crippen molar-refractivity contribution in [2.75, 3.05) is 0 Å². The molecule has 0 aliphatic carbocycles. The van der Waals surface area contributed by atoms with Gasteiger partial charge in [-0.05, 0) is 42.7 Å². The maximum absolute atomic E-state index is 14.2. The van der Waals surface area contributed by atoms with E-state index < -0.39 is 63.7 Å². The lowest BCUT2D eigenvalue weighted by molar-refractivity contribution is -0.275. The minimum atomic E-state index is -4.99. The smallest absolute Gasteiger partial charge is 0.372 e. The molecule has 2 aliphatic rings. The van der Waals surface area contributed by atoms with Crippen LogP contribution in [-0.2, 0) is 23.5 Å². The van der Waals surface area contributed by atoms with Crippen LogP contribution in [0.25, 0.3) is 0 Å². The third-order valence-corrected chi connectivity index (χ3v) is 7.30. The fourth-order valence-electron chi connectivity index (χ4n) is 4.11. The molecule has 0 spiro atoms. The van der Waals surface area contributed by atoms with Crippen molar-refractivity contribution in [3.63, 3.8) is 0 Å². The summed E-state index contributed by atoms with van der Waals surface area (Å²) in [5.41, 5.74) is -5.27. The first-order valence-corrected chi connectivity index (χ1v) is 11.9. The van der Waals surface area contributed by atoms with Crippen molar-refractivity contribution >= 4 is 34.9 Å². The van der Waals surface area contributed by atoms with E-state index in [9.17, 15) is 35.5 Å². The van der Waals surface area contributed by atoms with Crippen LogP contribution in [0.5, 0.6) is 0 Å². The van der Waals surface area contributed by atoms with E-state index in [1.807, 2.05) is 5.32 Å². The molecule has 0 saturated heterocycles. The summed E-state index contributed by atoms with van der Waals surface area (Å²) in [4.78, 5) is 22.8. The van der Waals surface area contributed by atoms with Gasteiger partial charge in [0, 0.05) is 24.8 Å². The van der Waals surface area contributed by atoms with Crippen LogP contribution >= 0.6 is 23.2 Å². The minimum Gasteiger partial charge on any atom is -0.372 e. The molecule has 2 aliphatic heterocycles. The van der Waals surface area contributed by atoms with Gasteiger partial charge >= 0.3 is 12.4 Å². The molecule has 0 bridgehead atoms. The number of oxime groups is 1. The van der Waals surface area contributed by atoms with E-state index >= 15 is 0 Å². The van der Waals surface area contributed by atoms with Crippen LogP contribution in [0.4, 0.5) is 30.7 Å². The maximum Gasteiger partial charge on any atom is 0.435 e. The van der Waals surface area contributed by atoms with E-state index in [2.05, 4.69) is 10.1 Å². The number of pyridine rings is 1. The molecule has 206 valence electrons. The molecule has 2 atom stereocenters. The van der Waals surface area contributed by atoms with Gasteiger partial charge in [0.2, 0.25) is 0 Å². The van der Waals surface area contributed by atoms with E-state index in [1.54, 1.807) is 0 Å². The number of carbonyl (C=O) groups excluding carboxylic acids is 1. The maximum atomic E-state index is 14.2. The summed E-state index contributed by atoms with van der Waals surface area (Å²) in [6, 6.07) is 2.82. The number of amidine groups is 1. The average molecular weight is 587 g/mol. The topological polar surface area (TPSA) is 66.8 Å². The molecule has 38 heavy (non-hydrogen) atoms. The number of rotatable bonds is 4. The second-order valence-corrected chi connectivity index (χ2v) is 10.0. The highest BCUT2D eigenvalue weighted by Crippen LogP contribution is 2.50. The van der Waals surface area contributed by atoms with Crippen molar-refractivity contribution in [3.05, 3.63) is 62.6 Å². The van der Waals surface area contributed by atoms with Gasteiger partial charge in [0.15, 0.2) is 5.82 Å².